The lowest BCUT2D eigenvalue weighted by molar-refractivity contribution is 0.486. The van der Waals surface area contributed by atoms with Gasteiger partial charge in [0.15, 0.2) is 0 Å². The molecule has 10 aromatic carbocycles. The van der Waals surface area contributed by atoms with E-state index in [1.807, 2.05) is 30.3 Å². The highest BCUT2D eigenvalue weighted by Crippen LogP contribution is 2.46. The summed E-state index contributed by atoms with van der Waals surface area (Å²) in [5, 5.41) is 10.6. The minimum absolute atomic E-state index is 0.630. The minimum Gasteiger partial charge on any atom is -0.456 e. The maximum Gasteiger partial charge on any atom is 0.235 e. The van der Waals surface area contributed by atoms with Crippen LogP contribution in [-0.2, 0) is 0 Å². The van der Waals surface area contributed by atoms with Gasteiger partial charge in [-0.2, -0.15) is 0 Å². The van der Waals surface area contributed by atoms with Gasteiger partial charge >= 0.3 is 0 Å². The van der Waals surface area contributed by atoms with Gasteiger partial charge in [-0.3, -0.25) is 4.57 Å². The number of hydrogen-bond acceptors (Lipinski definition) is 3. The topological polar surface area (TPSA) is 44.9 Å². The van der Waals surface area contributed by atoms with E-state index in [9.17, 15) is 0 Å². The van der Waals surface area contributed by atoms with Crippen molar-refractivity contribution < 1.29 is 4.74 Å². The molecular formula is C58H34N4O. The molecule has 0 spiro atoms. The van der Waals surface area contributed by atoms with Crippen LogP contribution in [0, 0.1) is 0 Å². The number of hydrogen-bond donors (Lipinski definition) is 0. The average Bonchev–Trinajstić information content (AvgIpc) is 3.86. The van der Waals surface area contributed by atoms with E-state index < -0.39 is 0 Å². The van der Waals surface area contributed by atoms with Gasteiger partial charge in [0.05, 0.1) is 44.4 Å². The number of fused-ring (bicyclic) bond motifs is 11. The number of ether oxygens (including phenoxy) is 1. The summed E-state index contributed by atoms with van der Waals surface area (Å²) in [6.45, 7) is 0. The molecule has 0 radical (unpaired) electrons. The molecule has 0 saturated carbocycles. The van der Waals surface area contributed by atoms with Crippen molar-refractivity contribution >= 4 is 76.1 Å². The molecule has 0 aliphatic carbocycles. The van der Waals surface area contributed by atoms with Gasteiger partial charge in [0, 0.05) is 37.9 Å². The largest absolute Gasteiger partial charge is 0.456 e. The predicted molar refractivity (Wildman–Crippen MR) is 260 cm³/mol. The van der Waals surface area contributed by atoms with Crippen molar-refractivity contribution in [1.29, 1.82) is 0 Å². The Labute approximate surface area is 361 Å². The van der Waals surface area contributed by atoms with Crippen LogP contribution in [0.15, 0.2) is 206 Å². The monoisotopic (exact) mass is 802 g/mol. The molecule has 0 saturated heterocycles. The second-order valence-corrected chi connectivity index (χ2v) is 16.5. The molecule has 5 heteroatoms. The lowest BCUT2D eigenvalue weighted by Gasteiger charge is -2.21. The zero-order valence-electron chi connectivity index (χ0n) is 33.8. The maximum absolute atomic E-state index is 6.34. The average molecular weight is 803 g/mol. The summed E-state index contributed by atoms with van der Waals surface area (Å²) >= 11 is 0. The van der Waals surface area contributed by atoms with Crippen LogP contribution in [-0.4, -0.2) is 19.1 Å². The number of aromatic nitrogens is 4. The molecule has 0 unspecified atom stereocenters. The van der Waals surface area contributed by atoms with E-state index in [-0.39, 0.29) is 0 Å². The van der Waals surface area contributed by atoms with Gasteiger partial charge in [0.1, 0.15) is 11.5 Å². The number of para-hydroxylation sites is 2. The fourth-order valence-corrected chi connectivity index (χ4v) is 10.3. The van der Waals surface area contributed by atoms with E-state index in [4.69, 9.17) is 14.7 Å². The van der Waals surface area contributed by atoms with Gasteiger partial charge in [0.2, 0.25) is 5.95 Å². The Morgan fingerprint density at radius 3 is 1.98 bits per heavy atom. The van der Waals surface area contributed by atoms with Crippen LogP contribution in [0.3, 0.4) is 0 Å². The summed E-state index contributed by atoms with van der Waals surface area (Å²) in [5.41, 5.74) is 13.0. The summed E-state index contributed by atoms with van der Waals surface area (Å²) in [5.74, 6) is 2.21. The first kappa shape index (κ1) is 34.2. The van der Waals surface area contributed by atoms with Gasteiger partial charge in [-0.25, -0.2) is 9.97 Å². The van der Waals surface area contributed by atoms with E-state index in [0.717, 1.165) is 72.3 Å². The molecule has 3 aromatic heterocycles. The Kier molecular flexibility index (Phi) is 7.05. The van der Waals surface area contributed by atoms with Crippen LogP contribution < -0.4 is 4.74 Å². The van der Waals surface area contributed by atoms with Crippen LogP contribution in [0.1, 0.15) is 0 Å². The summed E-state index contributed by atoms with van der Waals surface area (Å²) in [6.07, 6.45) is 0. The quantitative estimate of drug-likeness (QED) is 0.178. The molecule has 0 bridgehead atoms. The first-order chi connectivity index (χ1) is 31.2. The van der Waals surface area contributed by atoms with Crippen LogP contribution in [0.4, 0.5) is 0 Å². The second kappa shape index (κ2) is 13.0. The van der Waals surface area contributed by atoms with Gasteiger partial charge in [-0.05, 0) is 87.6 Å². The van der Waals surface area contributed by atoms with Crippen molar-refractivity contribution in [1.82, 2.24) is 19.1 Å². The molecule has 0 N–H and O–H groups in total. The van der Waals surface area contributed by atoms with Crippen LogP contribution in [0.5, 0.6) is 11.5 Å². The Balaban J connectivity index is 1.00. The molecule has 0 fully saturated rings. The van der Waals surface area contributed by atoms with Crippen LogP contribution >= 0.6 is 0 Å². The second-order valence-electron chi connectivity index (χ2n) is 16.5. The maximum atomic E-state index is 6.34. The zero-order chi connectivity index (χ0) is 41.2. The molecule has 14 rings (SSSR count). The van der Waals surface area contributed by atoms with E-state index in [1.165, 1.54) is 54.5 Å². The SMILES string of the molecule is c1ccc(-c2ccc(-n3c4ccc(-c5ccc6c7ccccc7n(-c7nc8c9c(cccc9n7)Oc7ccccc7-8)c6c5)cc4c4ccc5ccccc5c43)c3ccccc23)cc1. The fraction of sp³-hybridized carbons (Fsp3) is 0. The highest BCUT2D eigenvalue weighted by molar-refractivity contribution is 6.20. The highest BCUT2D eigenvalue weighted by atomic mass is 16.5. The molecule has 63 heavy (non-hydrogen) atoms. The first-order valence-corrected chi connectivity index (χ1v) is 21.4. The van der Waals surface area contributed by atoms with E-state index in [1.54, 1.807) is 0 Å². The number of nitrogens with zero attached hydrogens (tertiary/aromatic N) is 4. The summed E-state index contributed by atoms with van der Waals surface area (Å²) in [7, 11) is 0. The summed E-state index contributed by atoms with van der Waals surface area (Å²) < 4.78 is 11.1. The molecule has 292 valence electrons. The van der Waals surface area contributed by atoms with Gasteiger partial charge in [-0.1, -0.05) is 152 Å². The molecule has 0 atom stereocenters. The highest BCUT2D eigenvalue weighted by Gasteiger charge is 2.25. The van der Waals surface area contributed by atoms with Crippen molar-refractivity contribution in [2.45, 2.75) is 0 Å². The van der Waals surface area contributed by atoms with E-state index in [0.29, 0.717) is 5.95 Å². The van der Waals surface area contributed by atoms with Crippen LogP contribution in [0.25, 0.3) is 121 Å². The number of rotatable bonds is 4. The lowest BCUT2D eigenvalue weighted by atomic mass is 9.97. The third-order valence-corrected chi connectivity index (χ3v) is 13.1. The van der Waals surface area contributed by atoms with Gasteiger partial charge in [0.25, 0.3) is 0 Å². The van der Waals surface area contributed by atoms with Crippen LogP contribution in [0.2, 0.25) is 0 Å². The smallest absolute Gasteiger partial charge is 0.235 e. The molecule has 13 aromatic rings. The third kappa shape index (κ3) is 4.93. The summed E-state index contributed by atoms with van der Waals surface area (Å²) in [4.78, 5) is 10.6. The zero-order valence-corrected chi connectivity index (χ0v) is 33.8. The van der Waals surface area contributed by atoms with E-state index >= 15 is 0 Å². The minimum atomic E-state index is 0.630. The predicted octanol–water partition coefficient (Wildman–Crippen LogP) is 15.2. The number of benzene rings is 10. The normalized spacial score (nSPS) is 12.3. The molecule has 4 heterocycles. The van der Waals surface area contributed by atoms with Gasteiger partial charge < -0.3 is 9.30 Å². The van der Waals surface area contributed by atoms with Crippen molar-refractivity contribution in [2.24, 2.45) is 0 Å². The molecule has 1 aliphatic heterocycles. The molecule has 1 aliphatic rings. The Morgan fingerprint density at radius 1 is 0.365 bits per heavy atom. The van der Waals surface area contributed by atoms with Crippen molar-refractivity contribution in [2.75, 3.05) is 0 Å². The first-order valence-electron chi connectivity index (χ1n) is 21.4. The Bertz CT molecular complexity index is 4070. The lowest BCUT2D eigenvalue weighted by Crippen LogP contribution is -2.06. The third-order valence-electron chi connectivity index (χ3n) is 13.1. The molecular weight excluding hydrogens is 769 g/mol. The fourth-order valence-electron chi connectivity index (χ4n) is 10.3. The summed E-state index contributed by atoms with van der Waals surface area (Å²) in [6, 6.07) is 74.0. The van der Waals surface area contributed by atoms with Gasteiger partial charge in [-0.15, -0.1) is 0 Å². The molecule has 5 nitrogen and oxygen atoms in total. The van der Waals surface area contributed by atoms with Crippen molar-refractivity contribution in [3.05, 3.63) is 206 Å². The Hall–Kier alpha value is -8.54. The standard InChI is InChI=1S/C58H34N4O/c1-2-13-35(14-3-1)39-30-32-50(42-18-7-6-17-41(39)42)61-51-31-27-37(33-47(51)45-29-25-36-15-4-5-16-40(36)57(45)61)38-26-28-44-43-19-8-10-22-49(43)62(52(44)34-38)58-59-48-21-12-24-54-55(48)56(60-58)46-20-9-11-23-53(46)63-54/h1-34H. The van der Waals surface area contributed by atoms with Crippen molar-refractivity contribution in [3.8, 4) is 56.6 Å². The Morgan fingerprint density at radius 2 is 1.06 bits per heavy atom. The molecule has 0 amide bonds. The van der Waals surface area contributed by atoms with Crippen molar-refractivity contribution in [3.63, 3.8) is 0 Å². The van der Waals surface area contributed by atoms with E-state index in [2.05, 4.69) is 185 Å².